The first-order valence-corrected chi connectivity index (χ1v) is 12.4. The van der Waals surface area contributed by atoms with Gasteiger partial charge in [0.05, 0.1) is 0 Å². The lowest BCUT2D eigenvalue weighted by atomic mass is 10.0. The molecule has 1 atom stereocenters. The molecule has 0 heterocycles. The molecular weight excluding hydrogens is 422 g/mol. The SMILES string of the molecule is C=C/C=C(\C=C)CCC(=O)NCC(Cc1ccc(C(N)=O)cc1)N(C)C.CC.CC.CC(C)C. The number of carbonyl (C=O) groups excluding carboxylic acids is 2. The predicted molar refractivity (Wildman–Crippen MR) is 150 cm³/mol. The van der Waals surface area contributed by atoms with Gasteiger partial charge >= 0.3 is 0 Å². The fraction of sp³-hybridized carbons (Fsp3) is 0.517. The number of allylic oxidation sites excluding steroid dienone is 4. The van der Waals surface area contributed by atoms with Crippen LogP contribution in [0.25, 0.3) is 0 Å². The molecule has 34 heavy (non-hydrogen) atoms. The zero-order valence-corrected chi connectivity index (χ0v) is 23.3. The standard InChI is InChI=1S/C21H29N3O2.C4H10.2C2H6/c1-5-7-16(6-2)10-13-20(25)23-15-19(24(3)4)14-17-8-11-18(12-9-17)21(22)26;1-4(2)3;2*1-2/h5-9,11-12,19H,1-2,10,13-15H2,3-4H3,(H2,22,26)(H,23,25);4H,1-3H3;2*1-2H3/b16-7+;;;. The molecule has 1 unspecified atom stereocenters. The van der Waals surface area contributed by atoms with E-state index in [0.717, 1.165) is 23.5 Å². The van der Waals surface area contributed by atoms with Gasteiger partial charge < -0.3 is 16.0 Å². The number of likely N-dealkylation sites (N-methyl/N-ethyl adjacent to an activating group) is 1. The molecule has 0 aliphatic carbocycles. The van der Waals surface area contributed by atoms with Crippen LogP contribution in [-0.2, 0) is 11.2 Å². The number of carbonyl (C=O) groups is 2. The molecule has 0 fully saturated rings. The molecule has 1 rings (SSSR count). The average Bonchev–Trinajstić information content (AvgIpc) is 2.81. The van der Waals surface area contributed by atoms with E-state index >= 15 is 0 Å². The number of amides is 2. The number of nitrogens with zero attached hydrogens (tertiary/aromatic N) is 1. The van der Waals surface area contributed by atoms with Crippen LogP contribution in [0.2, 0.25) is 0 Å². The topological polar surface area (TPSA) is 75.4 Å². The molecule has 0 aliphatic heterocycles. The third-order valence-corrected chi connectivity index (χ3v) is 4.21. The molecule has 0 saturated carbocycles. The maximum absolute atomic E-state index is 12.1. The first-order chi connectivity index (χ1) is 16.1. The van der Waals surface area contributed by atoms with Gasteiger partial charge in [-0.1, -0.05) is 92.0 Å². The summed E-state index contributed by atoms with van der Waals surface area (Å²) in [5, 5.41) is 2.99. The maximum Gasteiger partial charge on any atom is 0.248 e. The molecule has 5 nitrogen and oxygen atoms in total. The lowest BCUT2D eigenvalue weighted by Crippen LogP contribution is -2.41. The van der Waals surface area contributed by atoms with Crippen molar-refractivity contribution in [2.24, 2.45) is 11.7 Å². The van der Waals surface area contributed by atoms with Gasteiger partial charge in [-0.25, -0.2) is 0 Å². The van der Waals surface area contributed by atoms with E-state index in [-0.39, 0.29) is 11.9 Å². The highest BCUT2D eigenvalue weighted by molar-refractivity contribution is 5.92. The molecule has 0 spiro atoms. The minimum atomic E-state index is -0.433. The van der Waals surface area contributed by atoms with Gasteiger partial charge in [0.2, 0.25) is 11.8 Å². The lowest BCUT2D eigenvalue weighted by molar-refractivity contribution is -0.121. The van der Waals surface area contributed by atoms with Crippen molar-refractivity contribution >= 4 is 11.8 Å². The largest absolute Gasteiger partial charge is 0.366 e. The van der Waals surface area contributed by atoms with Crippen molar-refractivity contribution in [2.45, 2.75) is 73.8 Å². The second-order valence-corrected chi connectivity index (χ2v) is 8.10. The average molecular weight is 474 g/mol. The molecule has 3 N–H and O–H groups in total. The molecule has 0 bridgehead atoms. The van der Waals surface area contributed by atoms with E-state index < -0.39 is 5.91 Å². The van der Waals surface area contributed by atoms with Crippen molar-refractivity contribution in [3.63, 3.8) is 0 Å². The fourth-order valence-corrected chi connectivity index (χ4v) is 2.50. The number of nitrogens with one attached hydrogen (secondary N) is 1. The summed E-state index contributed by atoms with van der Waals surface area (Å²) >= 11 is 0. The smallest absolute Gasteiger partial charge is 0.248 e. The highest BCUT2D eigenvalue weighted by Crippen LogP contribution is 2.10. The van der Waals surface area contributed by atoms with E-state index in [2.05, 4.69) is 44.1 Å². The van der Waals surface area contributed by atoms with Gasteiger partial charge in [-0.15, -0.1) is 0 Å². The molecule has 5 heteroatoms. The van der Waals surface area contributed by atoms with Gasteiger partial charge in [-0.3, -0.25) is 9.59 Å². The van der Waals surface area contributed by atoms with Crippen LogP contribution >= 0.6 is 0 Å². The Hall–Kier alpha value is -2.66. The monoisotopic (exact) mass is 473 g/mol. The minimum Gasteiger partial charge on any atom is -0.366 e. The summed E-state index contributed by atoms with van der Waals surface area (Å²) < 4.78 is 0. The molecule has 0 aromatic heterocycles. The van der Waals surface area contributed by atoms with Crippen LogP contribution in [0.4, 0.5) is 0 Å². The summed E-state index contributed by atoms with van der Waals surface area (Å²) in [4.78, 5) is 25.3. The molecule has 2 amide bonds. The predicted octanol–water partition coefficient (Wildman–Crippen LogP) is 6.17. The van der Waals surface area contributed by atoms with E-state index in [9.17, 15) is 9.59 Å². The zero-order valence-electron chi connectivity index (χ0n) is 23.3. The summed E-state index contributed by atoms with van der Waals surface area (Å²) in [5.41, 5.74) is 7.84. The van der Waals surface area contributed by atoms with Crippen molar-refractivity contribution < 1.29 is 9.59 Å². The molecule has 0 aliphatic rings. The first kappa shape index (κ1) is 35.9. The Kier molecular flexibility index (Phi) is 24.8. The number of nitrogens with two attached hydrogens (primary N) is 1. The Labute approximate surface area is 210 Å². The van der Waals surface area contributed by atoms with E-state index in [1.807, 2.05) is 60.0 Å². The summed E-state index contributed by atoms with van der Waals surface area (Å²) in [7, 11) is 3.97. The number of hydrogen-bond acceptors (Lipinski definition) is 3. The van der Waals surface area contributed by atoms with Crippen LogP contribution in [0.3, 0.4) is 0 Å². The van der Waals surface area contributed by atoms with Gasteiger partial charge in [0, 0.05) is 24.6 Å². The Morgan fingerprint density at radius 3 is 1.88 bits per heavy atom. The molecule has 194 valence electrons. The van der Waals surface area contributed by atoms with Crippen molar-refractivity contribution in [1.82, 2.24) is 10.2 Å². The van der Waals surface area contributed by atoms with Crippen LogP contribution in [0.1, 0.15) is 77.2 Å². The highest BCUT2D eigenvalue weighted by Gasteiger charge is 2.14. The normalized spacial score (nSPS) is 11.0. The summed E-state index contributed by atoms with van der Waals surface area (Å²) in [6.07, 6.45) is 7.12. The summed E-state index contributed by atoms with van der Waals surface area (Å²) in [6, 6.07) is 7.40. The minimum absolute atomic E-state index is 0.0118. The van der Waals surface area contributed by atoms with Gasteiger partial charge in [0.15, 0.2) is 0 Å². The van der Waals surface area contributed by atoms with Gasteiger partial charge in [0.25, 0.3) is 0 Å². The summed E-state index contributed by atoms with van der Waals surface area (Å²) in [5.74, 6) is 0.412. The third kappa shape index (κ3) is 20.0. The molecular formula is C29H51N3O2. The van der Waals surface area contributed by atoms with E-state index in [1.165, 1.54) is 0 Å². The van der Waals surface area contributed by atoms with Gasteiger partial charge in [-0.2, -0.15) is 0 Å². The molecule has 0 saturated heterocycles. The van der Waals surface area contributed by atoms with Crippen molar-refractivity contribution in [3.8, 4) is 0 Å². The second kappa shape index (κ2) is 23.5. The zero-order chi connectivity index (χ0) is 27.1. The lowest BCUT2D eigenvalue weighted by Gasteiger charge is -2.25. The van der Waals surface area contributed by atoms with Crippen LogP contribution in [-0.4, -0.2) is 43.4 Å². The summed E-state index contributed by atoms with van der Waals surface area (Å²) in [6.45, 7) is 22.4. The Morgan fingerprint density at radius 1 is 1.00 bits per heavy atom. The number of hydrogen-bond donors (Lipinski definition) is 2. The third-order valence-electron chi connectivity index (χ3n) is 4.21. The second-order valence-electron chi connectivity index (χ2n) is 8.10. The van der Waals surface area contributed by atoms with E-state index in [4.69, 9.17) is 5.73 Å². The Bertz CT molecular complexity index is 702. The number of primary amides is 1. The number of benzene rings is 1. The highest BCUT2D eigenvalue weighted by atomic mass is 16.1. The maximum atomic E-state index is 12.1. The van der Waals surface area contributed by atoms with Gasteiger partial charge in [0.1, 0.15) is 0 Å². The van der Waals surface area contributed by atoms with Crippen LogP contribution in [0.15, 0.2) is 61.2 Å². The molecule has 1 aromatic rings. The van der Waals surface area contributed by atoms with Crippen molar-refractivity contribution in [1.29, 1.82) is 0 Å². The van der Waals surface area contributed by atoms with E-state index in [1.54, 1.807) is 24.3 Å². The van der Waals surface area contributed by atoms with Crippen LogP contribution < -0.4 is 11.1 Å². The number of rotatable bonds is 11. The quantitative estimate of drug-likeness (QED) is 0.377. The Balaban J connectivity index is -0.00000106. The van der Waals surface area contributed by atoms with Crippen molar-refractivity contribution in [3.05, 3.63) is 72.4 Å². The molecule has 0 radical (unpaired) electrons. The van der Waals surface area contributed by atoms with Crippen LogP contribution in [0, 0.1) is 5.92 Å². The molecule has 1 aromatic carbocycles. The Morgan fingerprint density at radius 2 is 1.50 bits per heavy atom. The fourth-order valence-electron chi connectivity index (χ4n) is 2.50. The van der Waals surface area contributed by atoms with Crippen LogP contribution in [0.5, 0.6) is 0 Å². The first-order valence-electron chi connectivity index (χ1n) is 12.4. The van der Waals surface area contributed by atoms with E-state index in [0.29, 0.717) is 24.9 Å². The van der Waals surface area contributed by atoms with Gasteiger partial charge in [-0.05, 0) is 56.1 Å². The van der Waals surface area contributed by atoms with Crippen molar-refractivity contribution in [2.75, 3.05) is 20.6 Å².